The van der Waals surface area contributed by atoms with Gasteiger partial charge in [-0.3, -0.25) is 0 Å². The summed E-state index contributed by atoms with van der Waals surface area (Å²) < 4.78 is 28.3. The highest BCUT2D eigenvalue weighted by atomic mass is 19.2. The van der Waals surface area contributed by atoms with E-state index in [0.717, 1.165) is 35.8 Å². The molecule has 0 aliphatic rings. The zero-order chi connectivity index (χ0) is 14.0. The maximum atomic E-state index is 14.3. The Morgan fingerprint density at radius 2 is 1.53 bits per heavy atom. The van der Waals surface area contributed by atoms with Gasteiger partial charge in [-0.05, 0) is 47.9 Å². The minimum atomic E-state index is -0.684. The van der Waals surface area contributed by atoms with Crippen LogP contribution in [0.1, 0.15) is 43.4 Å². The molecule has 2 aromatic rings. The molecule has 0 spiro atoms. The lowest BCUT2D eigenvalue weighted by Gasteiger charge is -2.12. The highest BCUT2D eigenvalue weighted by Gasteiger charge is 2.15. The third kappa shape index (κ3) is 2.49. The lowest BCUT2D eigenvalue weighted by Crippen LogP contribution is -1.99. The number of aryl methyl sites for hydroxylation is 3. The Bertz CT molecular complexity index is 600. The summed E-state index contributed by atoms with van der Waals surface area (Å²) in [4.78, 5) is 0. The summed E-state index contributed by atoms with van der Waals surface area (Å²) in [6, 6.07) is 5.74. The van der Waals surface area contributed by atoms with Crippen LogP contribution in [0.3, 0.4) is 0 Å². The summed E-state index contributed by atoms with van der Waals surface area (Å²) in [6.07, 6.45) is 3.30. The molecule has 0 nitrogen and oxygen atoms in total. The maximum Gasteiger partial charge on any atom is 0.167 e. The molecule has 0 aromatic heterocycles. The molecular formula is C17H20F2. The molecule has 0 saturated heterocycles. The summed E-state index contributed by atoms with van der Waals surface area (Å²) in [6.45, 7) is 5.94. The largest absolute Gasteiger partial charge is 0.203 e. The Balaban J connectivity index is 2.70. The topological polar surface area (TPSA) is 0 Å². The minimum absolute atomic E-state index is 0.448. The van der Waals surface area contributed by atoms with Gasteiger partial charge in [0.2, 0.25) is 0 Å². The molecule has 0 aliphatic heterocycles. The molecule has 0 atom stereocenters. The molecule has 0 amide bonds. The average molecular weight is 262 g/mol. The summed E-state index contributed by atoms with van der Waals surface area (Å²) in [7, 11) is 0. The summed E-state index contributed by atoms with van der Waals surface area (Å²) in [5.41, 5.74) is 2.46. The predicted molar refractivity (Wildman–Crippen MR) is 76.6 cm³/mol. The van der Waals surface area contributed by atoms with Crippen LogP contribution in [-0.4, -0.2) is 0 Å². The smallest absolute Gasteiger partial charge is 0.167 e. The SMILES string of the molecule is CCCc1cc2ccc(CCC)c(C)c2c(F)c1F. The molecule has 0 fully saturated rings. The van der Waals surface area contributed by atoms with Gasteiger partial charge >= 0.3 is 0 Å². The highest BCUT2D eigenvalue weighted by molar-refractivity contribution is 5.88. The zero-order valence-electron chi connectivity index (χ0n) is 11.8. The number of hydrogen-bond acceptors (Lipinski definition) is 0. The first-order valence-corrected chi connectivity index (χ1v) is 6.99. The molecule has 0 N–H and O–H groups in total. The number of hydrogen-bond donors (Lipinski definition) is 0. The van der Waals surface area contributed by atoms with E-state index in [4.69, 9.17) is 0 Å². The molecule has 2 rings (SSSR count). The number of halogens is 2. The van der Waals surface area contributed by atoms with Crippen molar-refractivity contribution >= 4 is 10.8 Å². The molecule has 19 heavy (non-hydrogen) atoms. The fourth-order valence-corrected chi connectivity index (χ4v) is 2.68. The van der Waals surface area contributed by atoms with Crippen LogP contribution in [0.2, 0.25) is 0 Å². The van der Waals surface area contributed by atoms with Crippen molar-refractivity contribution in [3.8, 4) is 0 Å². The first kappa shape index (κ1) is 14.0. The second kappa shape index (κ2) is 5.68. The second-order valence-corrected chi connectivity index (χ2v) is 5.11. The molecule has 0 radical (unpaired) electrons. The average Bonchev–Trinajstić information content (AvgIpc) is 2.39. The maximum absolute atomic E-state index is 14.3. The van der Waals surface area contributed by atoms with E-state index in [-0.39, 0.29) is 0 Å². The third-order valence-electron chi connectivity index (χ3n) is 3.67. The van der Waals surface area contributed by atoms with Crippen LogP contribution >= 0.6 is 0 Å². The van der Waals surface area contributed by atoms with E-state index in [1.54, 1.807) is 6.07 Å². The predicted octanol–water partition coefficient (Wildman–Crippen LogP) is 5.33. The molecule has 0 bridgehead atoms. The van der Waals surface area contributed by atoms with Crippen LogP contribution in [0.25, 0.3) is 10.8 Å². The van der Waals surface area contributed by atoms with Crippen molar-refractivity contribution in [2.45, 2.75) is 46.5 Å². The Kier molecular flexibility index (Phi) is 4.18. The van der Waals surface area contributed by atoms with Gasteiger partial charge in [-0.15, -0.1) is 0 Å². The first-order valence-electron chi connectivity index (χ1n) is 6.99. The molecule has 0 aliphatic carbocycles. The molecule has 2 aromatic carbocycles. The van der Waals surface area contributed by atoms with Gasteiger partial charge < -0.3 is 0 Å². The van der Waals surface area contributed by atoms with Gasteiger partial charge in [0.1, 0.15) is 0 Å². The van der Waals surface area contributed by atoms with Crippen LogP contribution in [0.5, 0.6) is 0 Å². The first-order chi connectivity index (χ1) is 9.10. The van der Waals surface area contributed by atoms with Crippen molar-refractivity contribution in [2.75, 3.05) is 0 Å². The van der Waals surface area contributed by atoms with Crippen molar-refractivity contribution in [2.24, 2.45) is 0 Å². The molecule has 102 valence electrons. The van der Waals surface area contributed by atoms with Crippen molar-refractivity contribution in [3.63, 3.8) is 0 Å². The fraction of sp³-hybridized carbons (Fsp3) is 0.412. The van der Waals surface area contributed by atoms with Crippen LogP contribution in [0.15, 0.2) is 18.2 Å². The number of fused-ring (bicyclic) bond motifs is 1. The summed E-state index contributed by atoms with van der Waals surface area (Å²) >= 11 is 0. The molecule has 2 heteroatoms. The van der Waals surface area contributed by atoms with E-state index in [9.17, 15) is 8.78 Å². The minimum Gasteiger partial charge on any atom is -0.203 e. The van der Waals surface area contributed by atoms with E-state index >= 15 is 0 Å². The quantitative estimate of drug-likeness (QED) is 0.698. The monoisotopic (exact) mass is 262 g/mol. The number of rotatable bonds is 4. The summed E-state index contributed by atoms with van der Waals surface area (Å²) in [5.74, 6) is -1.36. The van der Waals surface area contributed by atoms with Gasteiger partial charge in [0.05, 0.1) is 0 Å². The Morgan fingerprint density at radius 3 is 2.16 bits per heavy atom. The molecular weight excluding hydrogens is 242 g/mol. The van der Waals surface area contributed by atoms with Gasteiger partial charge in [-0.25, -0.2) is 8.78 Å². The van der Waals surface area contributed by atoms with E-state index in [1.807, 2.05) is 26.0 Å². The standard InChI is InChI=1S/C17H20F2/c1-4-6-12-8-9-13-10-14(7-5-2)16(18)17(19)15(13)11(12)3/h8-10H,4-7H2,1-3H3. The van der Waals surface area contributed by atoms with E-state index in [0.29, 0.717) is 17.4 Å². The normalized spacial score (nSPS) is 11.2. The Labute approximate surface area is 113 Å². The molecule has 0 saturated carbocycles. The van der Waals surface area contributed by atoms with Crippen molar-refractivity contribution in [1.29, 1.82) is 0 Å². The van der Waals surface area contributed by atoms with E-state index in [1.165, 1.54) is 0 Å². The molecule has 0 unspecified atom stereocenters. The Morgan fingerprint density at radius 1 is 0.895 bits per heavy atom. The van der Waals surface area contributed by atoms with Crippen LogP contribution < -0.4 is 0 Å². The van der Waals surface area contributed by atoms with Crippen molar-refractivity contribution in [1.82, 2.24) is 0 Å². The second-order valence-electron chi connectivity index (χ2n) is 5.11. The molecule has 0 heterocycles. The van der Waals surface area contributed by atoms with Gasteiger partial charge in [-0.1, -0.05) is 38.8 Å². The van der Waals surface area contributed by atoms with Crippen LogP contribution in [0.4, 0.5) is 8.78 Å². The van der Waals surface area contributed by atoms with E-state index < -0.39 is 11.6 Å². The van der Waals surface area contributed by atoms with Gasteiger partial charge in [0.25, 0.3) is 0 Å². The summed E-state index contributed by atoms with van der Waals surface area (Å²) in [5, 5.41) is 1.25. The zero-order valence-corrected chi connectivity index (χ0v) is 11.8. The van der Waals surface area contributed by atoms with Crippen molar-refractivity contribution in [3.05, 3.63) is 46.5 Å². The van der Waals surface area contributed by atoms with Gasteiger partial charge in [0, 0.05) is 5.39 Å². The third-order valence-corrected chi connectivity index (χ3v) is 3.67. The Hall–Kier alpha value is -1.44. The lowest BCUT2D eigenvalue weighted by molar-refractivity contribution is 0.506. The van der Waals surface area contributed by atoms with Crippen molar-refractivity contribution < 1.29 is 8.78 Å². The number of benzene rings is 2. The van der Waals surface area contributed by atoms with Crippen LogP contribution in [-0.2, 0) is 12.8 Å². The van der Waals surface area contributed by atoms with Gasteiger partial charge in [-0.2, -0.15) is 0 Å². The van der Waals surface area contributed by atoms with Crippen LogP contribution in [0, 0.1) is 18.6 Å². The van der Waals surface area contributed by atoms with Gasteiger partial charge in [0.15, 0.2) is 11.6 Å². The highest BCUT2D eigenvalue weighted by Crippen LogP contribution is 2.29. The van der Waals surface area contributed by atoms with E-state index in [2.05, 4.69) is 6.92 Å². The fourth-order valence-electron chi connectivity index (χ4n) is 2.68. The lowest BCUT2D eigenvalue weighted by atomic mass is 9.94.